The number of ether oxygens (including phenoxy) is 2. The van der Waals surface area contributed by atoms with Crippen LogP contribution in [0.1, 0.15) is 34.3 Å². The van der Waals surface area contributed by atoms with Crippen LogP contribution in [-0.4, -0.2) is 38.7 Å². The largest absolute Gasteiger partial charge is 0.354 e. The van der Waals surface area contributed by atoms with Gasteiger partial charge in [0.2, 0.25) is 5.91 Å². The molecule has 116 valence electrons. The first-order valence-corrected chi connectivity index (χ1v) is 6.90. The number of carbonyl (C=O) groups excluding carboxylic acids is 2. The normalized spacial score (nSPS) is 10.7. The lowest BCUT2D eigenvalue weighted by atomic mass is 10.0. The van der Waals surface area contributed by atoms with Gasteiger partial charge in [0.15, 0.2) is 12.1 Å². The van der Waals surface area contributed by atoms with Crippen LogP contribution in [0.15, 0.2) is 18.2 Å². The minimum atomic E-state index is -0.468. The van der Waals surface area contributed by atoms with Crippen molar-refractivity contribution in [2.45, 2.75) is 33.0 Å². The lowest BCUT2D eigenvalue weighted by Gasteiger charge is -2.13. The van der Waals surface area contributed by atoms with Crippen LogP contribution in [0.2, 0.25) is 0 Å². The quantitative estimate of drug-likeness (QED) is 0.588. The van der Waals surface area contributed by atoms with Crippen molar-refractivity contribution in [1.29, 1.82) is 0 Å². The number of hydrogen-bond donors (Lipinski definition) is 1. The van der Waals surface area contributed by atoms with Gasteiger partial charge in [-0.2, -0.15) is 0 Å². The minimum Gasteiger partial charge on any atom is -0.354 e. The van der Waals surface area contributed by atoms with Crippen molar-refractivity contribution in [3.05, 3.63) is 34.9 Å². The Morgan fingerprint density at radius 1 is 1.10 bits per heavy atom. The van der Waals surface area contributed by atoms with Gasteiger partial charge in [-0.15, -0.1) is 0 Å². The van der Waals surface area contributed by atoms with Crippen LogP contribution < -0.4 is 5.32 Å². The molecule has 1 N–H and O–H groups in total. The maximum Gasteiger partial charge on any atom is 0.220 e. The number of aryl methyl sites for hydroxylation is 2. The molecule has 0 heterocycles. The third-order valence-electron chi connectivity index (χ3n) is 3.40. The summed E-state index contributed by atoms with van der Waals surface area (Å²) < 4.78 is 9.93. The average molecular weight is 293 g/mol. The van der Waals surface area contributed by atoms with E-state index in [1.54, 1.807) is 6.07 Å². The fourth-order valence-corrected chi connectivity index (χ4v) is 1.83. The zero-order valence-electron chi connectivity index (χ0n) is 13.1. The molecule has 0 saturated heterocycles. The number of Topliss-reactive ketones (excluding diaryl/α,β-unsaturated/α-hetero) is 1. The van der Waals surface area contributed by atoms with Crippen molar-refractivity contribution in [2.24, 2.45) is 0 Å². The Bertz CT molecular complexity index is 495. The fraction of sp³-hybridized carbons (Fsp3) is 0.500. The summed E-state index contributed by atoms with van der Waals surface area (Å²) in [5.74, 6) is -0.213. The molecule has 5 nitrogen and oxygen atoms in total. The second kappa shape index (κ2) is 8.54. The van der Waals surface area contributed by atoms with Crippen LogP contribution in [0, 0.1) is 13.8 Å². The third kappa shape index (κ3) is 5.65. The molecule has 0 atom stereocenters. The zero-order chi connectivity index (χ0) is 15.8. The van der Waals surface area contributed by atoms with Crippen molar-refractivity contribution in [2.75, 3.05) is 20.8 Å². The molecule has 0 aliphatic rings. The molecule has 0 aromatic heterocycles. The first-order valence-electron chi connectivity index (χ1n) is 6.90. The number of ketones is 1. The highest BCUT2D eigenvalue weighted by atomic mass is 16.7. The molecule has 1 amide bonds. The van der Waals surface area contributed by atoms with E-state index in [0.29, 0.717) is 5.56 Å². The summed E-state index contributed by atoms with van der Waals surface area (Å²) in [5.41, 5.74) is 2.88. The van der Waals surface area contributed by atoms with Crippen LogP contribution in [0.3, 0.4) is 0 Å². The number of benzene rings is 1. The lowest BCUT2D eigenvalue weighted by molar-refractivity contribution is -0.127. The summed E-state index contributed by atoms with van der Waals surface area (Å²) in [6, 6.07) is 5.58. The topological polar surface area (TPSA) is 64.6 Å². The first-order chi connectivity index (χ1) is 9.97. The Hall–Kier alpha value is -1.72. The highest BCUT2D eigenvalue weighted by Crippen LogP contribution is 2.12. The van der Waals surface area contributed by atoms with Crippen LogP contribution in [-0.2, 0) is 14.3 Å². The van der Waals surface area contributed by atoms with Gasteiger partial charge in [0.05, 0.1) is 6.54 Å². The maximum absolute atomic E-state index is 12.0. The second-order valence-electron chi connectivity index (χ2n) is 4.93. The monoisotopic (exact) mass is 293 g/mol. The number of amides is 1. The van der Waals surface area contributed by atoms with Crippen LogP contribution in [0.25, 0.3) is 0 Å². The van der Waals surface area contributed by atoms with Gasteiger partial charge in [0.25, 0.3) is 0 Å². The van der Waals surface area contributed by atoms with E-state index in [1.807, 2.05) is 26.0 Å². The minimum absolute atomic E-state index is 0.0247. The van der Waals surface area contributed by atoms with Crippen LogP contribution >= 0.6 is 0 Å². The van der Waals surface area contributed by atoms with Gasteiger partial charge >= 0.3 is 0 Å². The smallest absolute Gasteiger partial charge is 0.220 e. The first kappa shape index (κ1) is 17.3. The molecule has 1 rings (SSSR count). The van der Waals surface area contributed by atoms with Gasteiger partial charge in [-0.25, -0.2) is 0 Å². The van der Waals surface area contributed by atoms with E-state index in [2.05, 4.69) is 5.32 Å². The standard InChI is InChI=1S/C16H23NO4/c1-11-5-6-13(9-12(11)2)14(18)7-8-15(19)17-10-16(20-3)21-4/h5-6,9,16H,7-8,10H2,1-4H3,(H,17,19). The van der Waals surface area contributed by atoms with Gasteiger partial charge in [-0.1, -0.05) is 12.1 Å². The molecular formula is C16H23NO4. The summed E-state index contributed by atoms with van der Waals surface area (Å²) in [6.07, 6.45) is -0.116. The number of carbonyl (C=O) groups is 2. The molecule has 0 unspecified atom stereocenters. The summed E-state index contributed by atoms with van der Waals surface area (Å²) in [6.45, 7) is 4.23. The Morgan fingerprint density at radius 2 is 1.76 bits per heavy atom. The Kier molecular flexibility index (Phi) is 7.05. The van der Waals surface area contributed by atoms with E-state index in [4.69, 9.17) is 9.47 Å². The molecule has 21 heavy (non-hydrogen) atoms. The van der Waals surface area contributed by atoms with Crippen molar-refractivity contribution in [3.8, 4) is 0 Å². The number of nitrogens with one attached hydrogen (secondary N) is 1. The summed E-state index contributed by atoms with van der Waals surface area (Å²) in [5, 5.41) is 2.67. The van der Waals surface area contributed by atoms with Crippen molar-refractivity contribution in [3.63, 3.8) is 0 Å². The highest BCUT2D eigenvalue weighted by Gasteiger charge is 2.11. The molecule has 0 fully saturated rings. The predicted molar refractivity (Wildman–Crippen MR) is 80.3 cm³/mol. The molecule has 5 heteroatoms. The highest BCUT2D eigenvalue weighted by molar-refractivity contribution is 5.98. The van der Waals surface area contributed by atoms with E-state index in [9.17, 15) is 9.59 Å². The van der Waals surface area contributed by atoms with E-state index < -0.39 is 6.29 Å². The maximum atomic E-state index is 12.0. The van der Waals surface area contributed by atoms with E-state index in [1.165, 1.54) is 14.2 Å². The lowest BCUT2D eigenvalue weighted by Crippen LogP contribution is -2.34. The predicted octanol–water partition coefficient (Wildman–Crippen LogP) is 2.00. The van der Waals surface area contributed by atoms with Crippen molar-refractivity contribution >= 4 is 11.7 Å². The summed E-state index contributed by atoms with van der Waals surface area (Å²) in [7, 11) is 3.01. The van der Waals surface area contributed by atoms with E-state index >= 15 is 0 Å². The van der Waals surface area contributed by atoms with E-state index in [-0.39, 0.29) is 31.1 Å². The molecule has 0 radical (unpaired) electrons. The molecular weight excluding hydrogens is 270 g/mol. The van der Waals surface area contributed by atoms with Gasteiger partial charge in [-0.05, 0) is 31.0 Å². The molecule has 0 bridgehead atoms. The van der Waals surface area contributed by atoms with Crippen LogP contribution in [0.5, 0.6) is 0 Å². The molecule has 0 aliphatic heterocycles. The average Bonchev–Trinajstić information content (AvgIpc) is 2.48. The number of methoxy groups -OCH3 is 2. The van der Waals surface area contributed by atoms with E-state index in [0.717, 1.165) is 11.1 Å². The Balaban J connectivity index is 2.42. The fourth-order valence-electron chi connectivity index (χ4n) is 1.83. The molecule has 0 saturated carbocycles. The molecule has 0 aliphatic carbocycles. The van der Waals surface area contributed by atoms with Crippen molar-refractivity contribution in [1.82, 2.24) is 5.32 Å². The van der Waals surface area contributed by atoms with Gasteiger partial charge in [0, 0.05) is 32.6 Å². The zero-order valence-corrected chi connectivity index (χ0v) is 13.1. The molecule has 1 aromatic rings. The SMILES string of the molecule is COC(CNC(=O)CCC(=O)c1ccc(C)c(C)c1)OC. The molecule has 1 aromatic carbocycles. The van der Waals surface area contributed by atoms with Gasteiger partial charge in [-0.3, -0.25) is 9.59 Å². The second-order valence-corrected chi connectivity index (χ2v) is 4.93. The molecule has 0 spiro atoms. The number of rotatable bonds is 8. The van der Waals surface area contributed by atoms with Gasteiger partial charge < -0.3 is 14.8 Å². The Morgan fingerprint density at radius 3 is 2.33 bits per heavy atom. The summed E-state index contributed by atoms with van der Waals surface area (Å²) >= 11 is 0. The Labute approximate surface area is 125 Å². The van der Waals surface area contributed by atoms with Crippen molar-refractivity contribution < 1.29 is 19.1 Å². The summed E-state index contributed by atoms with van der Waals surface area (Å²) in [4.78, 5) is 23.7. The van der Waals surface area contributed by atoms with Crippen LogP contribution in [0.4, 0.5) is 0 Å². The third-order valence-corrected chi connectivity index (χ3v) is 3.40. The van der Waals surface area contributed by atoms with Gasteiger partial charge in [0.1, 0.15) is 0 Å². The number of hydrogen-bond acceptors (Lipinski definition) is 4.